The molecule has 104 valence electrons. The highest BCUT2D eigenvalue weighted by Gasteiger charge is 2.36. The molecule has 0 saturated heterocycles. The monoisotopic (exact) mass is 260 g/mol. The van der Waals surface area contributed by atoms with E-state index in [2.05, 4.69) is 13.0 Å². The second kappa shape index (κ2) is 5.54. The average molecular weight is 260 g/mol. The highest BCUT2D eigenvalue weighted by Crippen LogP contribution is 2.37. The van der Waals surface area contributed by atoms with Crippen LogP contribution in [0.3, 0.4) is 0 Å². The lowest BCUT2D eigenvalue weighted by Crippen LogP contribution is -2.38. The lowest BCUT2D eigenvalue weighted by Gasteiger charge is -2.33. The Bertz CT molecular complexity index is 404. The first-order chi connectivity index (χ1) is 9.28. The van der Waals surface area contributed by atoms with Crippen molar-refractivity contribution in [2.75, 3.05) is 0 Å². The Morgan fingerprint density at radius 3 is 2.95 bits per heavy atom. The van der Waals surface area contributed by atoms with E-state index in [4.69, 9.17) is 4.74 Å². The van der Waals surface area contributed by atoms with E-state index in [-0.39, 0.29) is 12.2 Å². The summed E-state index contributed by atoms with van der Waals surface area (Å²) in [6.07, 6.45) is 6.71. The first-order valence-electron chi connectivity index (χ1n) is 7.70. The topological polar surface area (TPSA) is 29.5 Å². The zero-order valence-electron chi connectivity index (χ0n) is 11.7. The van der Waals surface area contributed by atoms with Gasteiger partial charge in [-0.3, -0.25) is 0 Å². The normalized spacial score (nSPS) is 31.6. The molecule has 4 unspecified atom stereocenters. The van der Waals surface area contributed by atoms with Crippen molar-refractivity contribution < 1.29 is 9.84 Å². The van der Waals surface area contributed by atoms with Crippen molar-refractivity contribution in [3.05, 3.63) is 29.8 Å². The average Bonchev–Trinajstić information content (AvgIpc) is 2.90. The Hall–Kier alpha value is -1.02. The van der Waals surface area contributed by atoms with Gasteiger partial charge in [0.15, 0.2) is 0 Å². The van der Waals surface area contributed by atoms with E-state index in [9.17, 15) is 5.11 Å². The predicted molar refractivity (Wildman–Crippen MR) is 76.3 cm³/mol. The summed E-state index contributed by atoms with van der Waals surface area (Å²) >= 11 is 0. The molecule has 0 spiro atoms. The summed E-state index contributed by atoms with van der Waals surface area (Å²) in [4.78, 5) is 0. The third-order valence-electron chi connectivity index (χ3n) is 4.94. The maximum absolute atomic E-state index is 10.6. The predicted octanol–water partition coefficient (Wildman–Crippen LogP) is 3.57. The minimum absolute atomic E-state index is 0.0296. The first kappa shape index (κ1) is 13.0. The summed E-state index contributed by atoms with van der Waals surface area (Å²) in [5, 5.41) is 10.6. The van der Waals surface area contributed by atoms with Gasteiger partial charge in [0, 0.05) is 6.42 Å². The number of hydrogen-bond acceptors (Lipinski definition) is 2. The summed E-state index contributed by atoms with van der Waals surface area (Å²) in [6, 6.07) is 8.17. The zero-order valence-corrected chi connectivity index (χ0v) is 11.7. The number of para-hydroxylation sites is 1. The fourth-order valence-electron chi connectivity index (χ4n) is 3.72. The minimum Gasteiger partial charge on any atom is -0.487 e. The molecule has 1 aliphatic heterocycles. The van der Waals surface area contributed by atoms with Gasteiger partial charge in [-0.1, -0.05) is 44.4 Å². The largest absolute Gasteiger partial charge is 0.487 e. The van der Waals surface area contributed by atoms with Crippen molar-refractivity contribution in [1.29, 1.82) is 0 Å². The van der Waals surface area contributed by atoms with Crippen LogP contribution < -0.4 is 4.74 Å². The summed E-state index contributed by atoms with van der Waals surface area (Å²) in [6.45, 7) is 2.27. The standard InChI is InChI=1S/C17H24O2/c1-2-12-6-5-8-14(10-12)17(18)16-11-13-7-3-4-9-15(13)19-16/h3-4,7,9,12,14,16-18H,2,5-6,8,10-11H2,1H3. The molecule has 1 aliphatic carbocycles. The van der Waals surface area contributed by atoms with Gasteiger partial charge in [0.25, 0.3) is 0 Å². The SMILES string of the molecule is CCC1CCCC(C(O)C2Cc3ccccc3O2)C1. The number of rotatable bonds is 3. The van der Waals surface area contributed by atoms with Crippen molar-refractivity contribution in [3.63, 3.8) is 0 Å². The van der Waals surface area contributed by atoms with E-state index in [1.807, 2.05) is 18.2 Å². The van der Waals surface area contributed by atoms with Crippen LogP contribution in [0.1, 0.15) is 44.6 Å². The van der Waals surface area contributed by atoms with Crippen molar-refractivity contribution >= 4 is 0 Å². The molecule has 1 saturated carbocycles. The van der Waals surface area contributed by atoms with E-state index in [1.54, 1.807) is 0 Å². The molecule has 2 aliphatic rings. The maximum atomic E-state index is 10.6. The highest BCUT2D eigenvalue weighted by molar-refractivity contribution is 5.37. The maximum Gasteiger partial charge on any atom is 0.129 e. The number of aliphatic hydroxyl groups excluding tert-OH is 1. The molecule has 2 nitrogen and oxygen atoms in total. The third-order valence-corrected chi connectivity index (χ3v) is 4.94. The lowest BCUT2D eigenvalue weighted by atomic mass is 9.76. The van der Waals surface area contributed by atoms with Crippen molar-refractivity contribution in [1.82, 2.24) is 0 Å². The Morgan fingerprint density at radius 1 is 1.32 bits per heavy atom. The first-order valence-corrected chi connectivity index (χ1v) is 7.70. The molecule has 0 radical (unpaired) electrons. The van der Waals surface area contributed by atoms with E-state index in [0.29, 0.717) is 5.92 Å². The summed E-state index contributed by atoms with van der Waals surface area (Å²) < 4.78 is 5.94. The third kappa shape index (κ3) is 2.64. The van der Waals surface area contributed by atoms with Gasteiger partial charge in [0.2, 0.25) is 0 Å². The van der Waals surface area contributed by atoms with Crippen LogP contribution >= 0.6 is 0 Å². The van der Waals surface area contributed by atoms with Crippen LogP contribution in [0.25, 0.3) is 0 Å². The zero-order chi connectivity index (χ0) is 13.2. The minimum atomic E-state index is -0.304. The van der Waals surface area contributed by atoms with Crippen molar-refractivity contribution in [3.8, 4) is 5.75 Å². The van der Waals surface area contributed by atoms with Crippen LogP contribution in [0.2, 0.25) is 0 Å². The Balaban J connectivity index is 1.64. The second-order valence-electron chi connectivity index (χ2n) is 6.16. The second-order valence-corrected chi connectivity index (χ2v) is 6.16. The molecule has 3 rings (SSSR count). The van der Waals surface area contributed by atoms with Crippen LogP contribution in [0.15, 0.2) is 24.3 Å². The van der Waals surface area contributed by atoms with Gasteiger partial charge in [0.05, 0.1) is 6.10 Å². The number of hydrogen-bond donors (Lipinski definition) is 1. The number of benzene rings is 1. The fraction of sp³-hybridized carbons (Fsp3) is 0.647. The van der Waals surface area contributed by atoms with Crippen LogP contribution in [-0.2, 0) is 6.42 Å². The Labute approximate surface area is 115 Å². The molecule has 1 aromatic rings. The van der Waals surface area contributed by atoms with Crippen molar-refractivity contribution in [2.24, 2.45) is 11.8 Å². The molecule has 2 heteroatoms. The molecule has 0 aromatic heterocycles. The Kier molecular flexibility index (Phi) is 3.79. The highest BCUT2D eigenvalue weighted by atomic mass is 16.5. The number of fused-ring (bicyclic) bond motifs is 1. The lowest BCUT2D eigenvalue weighted by molar-refractivity contribution is -0.0117. The van der Waals surface area contributed by atoms with Gasteiger partial charge in [0.1, 0.15) is 11.9 Å². The van der Waals surface area contributed by atoms with Gasteiger partial charge < -0.3 is 9.84 Å². The van der Waals surface area contributed by atoms with E-state index >= 15 is 0 Å². The molecular formula is C17H24O2. The smallest absolute Gasteiger partial charge is 0.129 e. The molecule has 4 atom stereocenters. The van der Waals surface area contributed by atoms with Gasteiger partial charge >= 0.3 is 0 Å². The fourth-order valence-corrected chi connectivity index (χ4v) is 3.72. The molecule has 1 N–H and O–H groups in total. The van der Waals surface area contributed by atoms with Gasteiger partial charge in [-0.05, 0) is 36.3 Å². The van der Waals surface area contributed by atoms with Crippen LogP contribution in [0.5, 0.6) is 5.75 Å². The van der Waals surface area contributed by atoms with E-state index < -0.39 is 0 Å². The molecule has 19 heavy (non-hydrogen) atoms. The van der Waals surface area contributed by atoms with Crippen molar-refractivity contribution in [2.45, 2.75) is 57.7 Å². The summed E-state index contributed by atoms with van der Waals surface area (Å²) in [5.74, 6) is 2.20. The Morgan fingerprint density at radius 2 is 2.16 bits per heavy atom. The molecule has 1 heterocycles. The van der Waals surface area contributed by atoms with Crippen LogP contribution in [0, 0.1) is 11.8 Å². The molecule has 1 fully saturated rings. The van der Waals surface area contributed by atoms with Gasteiger partial charge in [-0.15, -0.1) is 0 Å². The number of aliphatic hydroxyl groups is 1. The van der Waals surface area contributed by atoms with Crippen LogP contribution in [-0.4, -0.2) is 17.3 Å². The molecule has 0 amide bonds. The molecule has 0 bridgehead atoms. The van der Waals surface area contributed by atoms with E-state index in [1.165, 1.54) is 31.2 Å². The quantitative estimate of drug-likeness (QED) is 0.900. The van der Waals surface area contributed by atoms with Gasteiger partial charge in [-0.2, -0.15) is 0 Å². The van der Waals surface area contributed by atoms with Gasteiger partial charge in [-0.25, -0.2) is 0 Å². The summed E-state index contributed by atoms with van der Waals surface area (Å²) in [7, 11) is 0. The molecular weight excluding hydrogens is 236 g/mol. The number of ether oxygens (including phenoxy) is 1. The summed E-state index contributed by atoms with van der Waals surface area (Å²) in [5.41, 5.74) is 1.24. The van der Waals surface area contributed by atoms with Crippen LogP contribution in [0.4, 0.5) is 0 Å². The molecule has 1 aromatic carbocycles. The van der Waals surface area contributed by atoms with E-state index in [0.717, 1.165) is 24.5 Å².